The van der Waals surface area contributed by atoms with Crippen molar-refractivity contribution >= 4 is 5.97 Å². The second-order valence-corrected chi connectivity index (χ2v) is 3.38. The summed E-state index contributed by atoms with van der Waals surface area (Å²) >= 11 is 0. The van der Waals surface area contributed by atoms with Gasteiger partial charge in [0.1, 0.15) is 5.69 Å². The van der Waals surface area contributed by atoms with Gasteiger partial charge in [-0.15, -0.1) is 0 Å². The van der Waals surface area contributed by atoms with Crippen LogP contribution in [0.25, 0.3) is 0 Å². The molecule has 15 heavy (non-hydrogen) atoms. The minimum absolute atomic E-state index is 0.0430. The van der Waals surface area contributed by atoms with E-state index >= 15 is 0 Å². The van der Waals surface area contributed by atoms with Crippen molar-refractivity contribution in [1.29, 1.82) is 0 Å². The van der Waals surface area contributed by atoms with Gasteiger partial charge in [0.25, 0.3) is 0 Å². The molecule has 0 aliphatic carbocycles. The zero-order chi connectivity index (χ0) is 11.3. The van der Waals surface area contributed by atoms with Crippen LogP contribution in [0.15, 0.2) is 12.3 Å². The molecule has 0 saturated carbocycles. The van der Waals surface area contributed by atoms with Gasteiger partial charge in [0.05, 0.1) is 13.7 Å². The molecule has 0 fully saturated rings. The topological polar surface area (TPSA) is 74.3 Å². The predicted molar refractivity (Wildman–Crippen MR) is 55.5 cm³/mol. The Hall–Kier alpha value is -1.33. The van der Waals surface area contributed by atoms with Crippen LogP contribution in [0, 0.1) is 0 Å². The van der Waals surface area contributed by atoms with Gasteiger partial charge in [0.2, 0.25) is 0 Å². The molecule has 0 aliphatic heterocycles. The standard InChI is InChI=1S/C10H16N2O3/c1-7(6-13)11-4-8-3-9(12-5-8)10(14)15-2/h3,5,7,11-13H,4,6H2,1-2H3/t7-/m0/s1. The van der Waals surface area contributed by atoms with Gasteiger partial charge in [0, 0.05) is 18.8 Å². The van der Waals surface area contributed by atoms with Crippen molar-refractivity contribution in [2.45, 2.75) is 19.5 Å². The summed E-state index contributed by atoms with van der Waals surface area (Å²) in [6.45, 7) is 2.58. The number of hydrogen-bond donors (Lipinski definition) is 3. The number of methoxy groups -OCH3 is 1. The first-order valence-corrected chi connectivity index (χ1v) is 4.77. The second kappa shape index (κ2) is 5.53. The zero-order valence-corrected chi connectivity index (χ0v) is 8.91. The lowest BCUT2D eigenvalue weighted by Gasteiger charge is -2.08. The molecule has 3 N–H and O–H groups in total. The molecule has 0 aliphatic rings. The number of aliphatic hydroxyl groups is 1. The van der Waals surface area contributed by atoms with Crippen LogP contribution < -0.4 is 5.32 Å². The van der Waals surface area contributed by atoms with E-state index in [0.29, 0.717) is 12.2 Å². The highest BCUT2D eigenvalue weighted by Crippen LogP contribution is 2.04. The maximum Gasteiger partial charge on any atom is 0.354 e. The summed E-state index contributed by atoms with van der Waals surface area (Å²) < 4.78 is 4.57. The third-order valence-corrected chi connectivity index (χ3v) is 2.08. The first kappa shape index (κ1) is 11.7. The average Bonchev–Trinajstić information content (AvgIpc) is 2.73. The summed E-state index contributed by atoms with van der Waals surface area (Å²) in [5.74, 6) is -0.378. The van der Waals surface area contributed by atoms with Crippen LogP contribution in [-0.4, -0.2) is 35.8 Å². The van der Waals surface area contributed by atoms with Gasteiger partial charge in [-0.3, -0.25) is 0 Å². The Morgan fingerprint density at radius 2 is 2.47 bits per heavy atom. The number of aromatic nitrogens is 1. The highest BCUT2D eigenvalue weighted by Gasteiger charge is 2.08. The third-order valence-electron chi connectivity index (χ3n) is 2.08. The SMILES string of the molecule is COC(=O)c1cc(CN[C@@H](C)CO)c[nH]1. The molecule has 0 spiro atoms. The van der Waals surface area contributed by atoms with Gasteiger partial charge < -0.3 is 20.1 Å². The van der Waals surface area contributed by atoms with Crippen molar-refractivity contribution in [3.8, 4) is 0 Å². The third kappa shape index (κ3) is 3.38. The summed E-state index contributed by atoms with van der Waals surface area (Å²) in [7, 11) is 1.34. The van der Waals surface area contributed by atoms with Gasteiger partial charge in [-0.2, -0.15) is 0 Å². The van der Waals surface area contributed by atoms with Crippen molar-refractivity contribution in [1.82, 2.24) is 10.3 Å². The molecule has 0 saturated heterocycles. The van der Waals surface area contributed by atoms with Crippen LogP contribution in [0.2, 0.25) is 0 Å². The normalized spacial score (nSPS) is 12.5. The van der Waals surface area contributed by atoms with Gasteiger partial charge in [-0.1, -0.05) is 0 Å². The van der Waals surface area contributed by atoms with Crippen LogP contribution in [0.3, 0.4) is 0 Å². The van der Waals surface area contributed by atoms with Gasteiger partial charge in [0.15, 0.2) is 0 Å². The number of nitrogens with one attached hydrogen (secondary N) is 2. The fourth-order valence-corrected chi connectivity index (χ4v) is 1.13. The number of rotatable bonds is 5. The minimum atomic E-state index is -0.378. The van der Waals surface area contributed by atoms with Crippen LogP contribution in [0.5, 0.6) is 0 Å². The van der Waals surface area contributed by atoms with E-state index in [-0.39, 0.29) is 18.6 Å². The maximum absolute atomic E-state index is 11.1. The summed E-state index contributed by atoms with van der Waals surface area (Å²) in [5.41, 5.74) is 1.39. The molecule has 0 aromatic carbocycles. The number of carbonyl (C=O) groups is 1. The number of esters is 1. The lowest BCUT2D eigenvalue weighted by Crippen LogP contribution is -2.28. The Bertz CT molecular complexity index is 322. The van der Waals surface area contributed by atoms with Crippen molar-refractivity contribution in [3.05, 3.63) is 23.5 Å². The van der Waals surface area contributed by atoms with Gasteiger partial charge in [-0.05, 0) is 18.6 Å². The molecule has 1 heterocycles. The van der Waals surface area contributed by atoms with Gasteiger partial charge in [-0.25, -0.2) is 4.79 Å². The lowest BCUT2D eigenvalue weighted by atomic mass is 10.3. The van der Waals surface area contributed by atoms with Crippen molar-refractivity contribution in [2.75, 3.05) is 13.7 Å². The van der Waals surface area contributed by atoms with E-state index in [1.54, 1.807) is 12.3 Å². The molecule has 1 aromatic heterocycles. The van der Waals surface area contributed by atoms with E-state index in [0.717, 1.165) is 5.56 Å². The van der Waals surface area contributed by atoms with E-state index in [9.17, 15) is 4.79 Å². The largest absolute Gasteiger partial charge is 0.464 e. The molecule has 1 atom stereocenters. The Kier molecular flexibility index (Phi) is 4.33. The monoisotopic (exact) mass is 212 g/mol. The number of hydrogen-bond acceptors (Lipinski definition) is 4. The molecule has 0 bridgehead atoms. The summed E-state index contributed by atoms with van der Waals surface area (Å²) in [6.07, 6.45) is 1.74. The molecule has 0 unspecified atom stereocenters. The summed E-state index contributed by atoms with van der Waals surface area (Å²) in [5, 5.41) is 11.9. The first-order valence-electron chi connectivity index (χ1n) is 4.77. The molecule has 0 amide bonds. The molecular formula is C10H16N2O3. The Morgan fingerprint density at radius 3 is 3.07 bits per heavy atom. The van der Waals surface area contributed by atoms with Gasteiger partial charge >= 0.3 is 5.97 Å². The molecule has 1 aromatic rings. The fraction of sp³-hybridized carbons (Fsp3) is 0.500. The van der Waals surface area contributed by atoms with Crippen LogP contribution in [0.4, 0.5) is 0 Å². The van der Waals surface area contributed by atoms with E-state index in [1.807, 2.05) is 6.92 Å². The minimum Gasteiger partial charge on any atom is -0.464 e. The van der Waals surface area contributed by atoms with Crippen LogP contribution >= 0.6 is 0 Å². The molecule has 5 nitrogen and oxygen atoms in total. The van der Waals surface area contributed by atoms with E-state index in [2.05, 4.69) is 15.0 Å². The van der Waals surface area contributed by atoms with E-state index in [1.165, 1.54) is 7.11 Å². The predicted octanol–water partition coefficient (Wildman–Crippen LogP) is 0.272. The smallest absolute Gasteiger partial charge is 0.354 e. The summed E-state index contributed by atoms with van der Waals surface area (Å²) in [4.78, 5) is 13.9. The second-order valence-electron chi connectivity index (χ2n) is 3.38. The van der Waals surface area contributed by atoms with E-state index in [4.69, 9.17) is 5.11 Å². The van der Waals surface area contributed by atoms with Crippen molar-refractivity contribution in [3.63, 3.8) is 0 Å². The molecule has 5 heteroatoms. The number of H-pyrrole nitrogens is 1. The fourth-order valence-electron chi connectivity index (χ4n) is 1.13. The van der Waals surface area contributed by atoms with E-state index < -0.39 is 0 Å². The number of aromatic amines is 1. The average molecular weight is 212 g/mol. The molecule has 84 valence electrons. The number of aliphatic hydroxyl groups excluding tert-OH is 1. The van der Waals surface area contributed by atoms with Crippen molar-refractivity contribution < 1.29 is 14.6 Å². The molecule has 0 radical (unpaired) electrons. The molecule has 1 rings (SSSR count). The Morgan fingerprint density at radius 1 is 1.73 bits per heavy atom. The quantitative estimate of drug-likeness (QED) is 0.612. The number of carbonyl (C=O) groups excluding carboxylic acids is 1. The Labute approximate surface area is 88.4 Å². The highest BCUT2D eigenvalue weighted by molar-refractivity contribution is 5.87. The van der Waals surface area contributed by atoms with Crippen LogP contribution in [-0.2, 0) is 11.3 Å². The van der Waals surface area contributed by atoms with Crippen molar-refractivity contribution in [2.24, 2.45) is 0 Å². The van der Waals surface area contributed by atoms with Crippen LogP contribution in [0.1, 0.15) is 23.0 Å². The maximum atomic E-state index is 11.1. The lowest BCUT2D eigenvalue weighted by molar-refractivity contribution is 0.0595. The highest BCUT2D eigenvalue weighted by atomic mass is 16.5. The summed E-state index contributed by atoms with van der Waals surface area (Å²) in [6, 6.07) is 1.77. The zero-order valence-electron chi connectivity index (χ0n) is 8.91. The first-order chi connectivity index (χ1) is 7.17. The molecular weight excluding hydrogens is 196 g/mol. The Balaban J connectivity index is 2.49. The number of ether oxygens (including phenoxy) is 1.